The van der Waals surface area contributed by atoms with E-state index in [4.69, 9.17) is 4.74 Å². The van der Waals surface area contributed by atoms with Gasteiger partial charge in [0, 0.05) is 27.6 Å². The lowest BCUT2D eigenvalue weighted by Gasteiger charge is -2.39. The molecule has 8 aromatic rings. The van der Waals surface area contributed by atoms with Gasteiger partial charge in [0.05, 0.1) is 16.4 Å². The molecule has 210 valence electrons. The van der Waals surface area contributed by atoms with Gasteiger partial charge in [0.2, 0.25) is 0 Å². The van der Waals surface area contributed by atoms with Crippen molar-refractivity contribution >= 4 is 21.8 Å². The topological polar surface area (TPSA) is 14.2 Å². The Hall–Kier alpha value is -5.86. The fraction of sp³-hybridized carbons (Fsp3) is 0.0233. The van der Waals surface area contributed by atoms with Crippen LogP contribution in [-0.2, 0) is 5.41 Å². The Balaban J connectivity index is 1.22. The van der Waals surface area contributed by atoms with Crippen LogP contribution in [0.5, 0.6) is 11.5 Å². The average molecular weight is 574 g/mol. The van der Waals surface area contributed by atoms with E-state index in [1.54, 1.807) is 0 Å². The van der Waals surface area contributed by atoms with E-state index in [2.05, 4.69) is 168 Å². The fourth-order valence-corrected chi connectivity index (χ4v) is 8.06. The summed E-state index contributed by atoms with van der Waals surface area (Å²) in [7, 11) is 0. The van der Waals surface area contributed by atoms with Crippen molar-refractivity contribution in [3.05, 3.63) is 186 Å². The summed E-state index contributed by atoms with van der Waals surface area (Å²) in [5.41, 5.74) is 13.0. The zero-order valence-corrected chi connectivity index (χ0v) is 24.4. The number of aromatic nitrogens is 1. The molecule has 45 heavy (non-hydrogen) atoms. The van der Waals surface area contributed by atoms with Gasteiger partial charge in [-0.3, -0.25) is 0 Å². The third-order valence-electron chi connectivity index (χ3n) is 9.86. The third-order valence-corrected chi connectivity index (χ3v) is 9.86. The summed E-state index contributed by atoms with van der Waals surface area (Å²) in [5, 5.41) is 2.53. The van der Waals surface area contributed by atoms with Crippen molar-refractivity contribution in [1.82, 2.24) is 4.57 Å². The van der Waals surface area contributed by atoms with Crippen molar-refractivity contribution in [3.63, 3.8) is 0 Å². The molecule has 0 atom stereocenters. The predicted octanol–water partition coefficient (Wildman–Crippen LogP) is 10.9. The van der Waals surface area contributed by atoms with Gasteiger partial charge in [-0.05, 0) is 75.8 Å². The molecule has 2 aliphatic rings. The highest BCUT2D eigenvalue weighted by Crippen LogP contribution is 2.62. The van der Waals surface area contributed by atoms with Crippen LogP contribution in [0.1, 0.15) is 22.3 Å². The maximum atomic E-state index is 6.66. The van der Waals surface area contributed by atoms with Gasteiger partial charge in [0.15, 0.2) is 0 Å². The molecule has 1 aliphatic heterocycles. The van der Waals surface area contributed by atoms with Gasteiger partial charge in [-0.2, -0.15) is 0 Å². The van der Waals surface area contributed by atoms with Crippen LogP contribution in [0.3, 0.4) is 0 Å². The predicted molar refractivity (Wildman–Crippen MR) is 184 cm³/mol. The summed E-state index contributed by atoms with van der Waals surface area (Å²) in [4.78, 5) is 0. The third kappa shape index (κ3) is 3.23. The quantitative estimate of drug-likeness (QED) is 0.201. The van der Waals surface area contributed by atoms with Crippen molar-refractivity contribution in [3.8, 4) is 39.4 Å². The van der Waals surface area contributed by atoms with E-state index >= 15 is 0 Å². The van der Waals surface area contributed by atoms with Gasteiger partial charge < -0.3 is 9.30 Å². The van der Waals surface area contributed by atoms with Crippen LogP contribution in [0.15, 0.2) is 164 Å². The van der Waals surface area contributed by atoms with Crippen molar-refractivity contribution in [2.75, 3.05) is 0 Å². The Bertz CT molecular complexity index is 2380. The molecule has 7 aromatic carbocycles. The standard InChI is InChI=1S/C43H27NO/c1-5-18-35-31(14-1)32-15-2-6-19-36(32)43(35)37-20-7-10-23-41(37)45-42-25-24-29(27-38(42)43)28-12-11-13-30(26-28)44-39-21-8-3-16-33(39)34-17-4-9-22-40(34)44/h1-27H. The number of benzene rings is 7. The van der Waals surface area contributed by atoms with Crippen molar-refractivity contribution < 1.29 is 4.74 Å². The van der Waals surface area contributed by atoms with Crippen LogP contribution in [0.25, 0.3) is 49.7 Å². The highest BCUT2D eigenvalue weighted by Gasteiger charge is 2.50. The Morgan fingerprint density at radius 3 is 1.67 bits per heavy atom. The van der Waals surface area contributed by atoms with Gasteiger partial charge in [-0.25, -0.2) is 0 Å². The summed E-state index contributed by atoms with van der Waals surface area (Å²) in [6, 6.07) is 59.4. The molecule has 0 amide bonds. The molecule has 1 aromatic heterocycles. The first-order valence-corrected chi connectivity index (χ1v) is 15.5. The molecule has 2 heterocycles. The van der Waals surface area contributed by atoms with Crippen molar-refractivity contribution in [1.29, 1.82) is 0 Å². The Labute approximate surface area is 261 Å². The molecule has 2 heteroatoms. The minimum absolute atomic E-state index is 0.474. The van der Waals surface area contributed by atoms with Gasteiger partial charge in [0.1, 0.15) is 11.5 Å². The molecule has 2 nitrogen and oxygen atoms in total. The normalized spacial score (nSPS) is 13.7. The molecule has 10 rings (SSSR count). The number of hydrogen-bond donors (Lipinski definition) is 0. The first-order chi connectivity index (χ1) is 22.3. The first kappa shape index (κ1) is 24.6. The number of para-hydroxylation sites is 3. The molecule has 0 radical (unpaired) electrons. The summed E-state index contributed by atoms with van der Waals surface area (Å²) >= 11 is 0. The summed E-state index contributed by atoms with van der Waals surface area (Å²) < 4.78 is 9.05. The van der Waals surface area contributed by atoms with Gasteiger partial charge in [0.25, 0.3) is 0 Å². The summed E-state index contributed by atoms with van der Waals surface area (Å²) in [6.07, 6.45) is 0. The maximum absolute atomic E-state index is 6.66. The van der Waals surface area contributed by atoms with E-state index in [1.165, 1.54) is 66.3 Å². The van der Waals surface area contributed by atoms with Crippen LogP contribution >= 0.6 is 0 Å². The lowest BCUT2D eigenvalue weighted by molar-refractivity contribution is 0.436. The SMILES string of the molecule is c1cc(-c2ccc3c(c2)C2(c4ccccc4O3)c3ccccc3-c3ccccc32)cc(-n2c3ccccc3c3ccccc32)c1. The number of fused-ring (bicyclic) bond motifs is 12. The van der Waals surface area contributed by atoms with E-state index in [0.717, 1.165) is 17.2 Å². The second-order valence-corrected chi connectivity index (χ2v) is 12.1. The Morgan fingerprint density at radius 2 is 0.956 bits per heavy atom. The zero-order chi connectivity index (χ0) is 29.5. The Morgan fingerprint density at radius 1 is 0.400 bits per heavy atom. The fourth-order valence-electron chi connectivity index (χ4n) is 8.06. The number of ether oxygens (including phenoxy) is 1. The summed E-state index contributed by atoms with van der Waals surface area (Å²) in [6.45, 7) is 0. The number of hydrogen-bond acceptors (Lipinski definition) is 1. The van der Waals surface area contributed by atoms with Gasteiger partial charge >= 0.3 is 0 Å². The minimum Gasteiger partial charge on any atom is -0.457 e. The highest BCUT2D eigenvalue weighted by atomic mass is 16.5. The van der Waals surface area contributed by atoms with Crippen LogP contribution in [0, 0.1) is 0 Å². The minimum atomic E-state index is -0.474. The average Bonchev–Trinajstić information content (AvgIpc) is 3.60. The van der Waals surface area contributed by atoms with Gasteiger partial charge in [-0.1, -0.05) is 121 Å². The Kier molecular flexibility index (Phi) is 4.95. The van der Waals surface area contributed by atoms with Gasteiger partial charge in [-0.15, -0.1) is 0 Å². The van der Waals surface area contributed by atoms with Crippen LogP contribution in [0.2, 0.25) is 0 Å². The number of rotatable bonds is 2. The molecular weight excluding hydrogens is 546 g/mol. The molecule has 0 fully saturated rings. The van der Waals surface area contributed by atoms with Crippen molar-refractivity contribution in [2.24, 2.45) is 0 Å². The molecule has 1 aliphatic carbocycles. The van der Waals surface area contributed by atoms with E-state index in [0.29, 0.717) is 0 Å². The largest absolute Gasteiger partial charge is 0.457 e. The molecular formula is C43H27NO. The van der Waals surface area contributed by atoms with Crippen LogP contribution < -0.4 is 4.74 Å². The van der Waals surface area contributed by atoms with E-state index in [9.17, 15) is 0 Å². The van der Waals surface area contributed by atoms with Crippen LogP contribution in [-0.4, -0.2) is 4.57 Å². The second kappa shape index (κ2) is 9.07. The summed E-state index contributed by atoms with van der Waals surface area (Å²) in [5.74, 6) is 1.82. The zero-order valence-electron chi connectivity index (χ0n) is 24.4. The molecule has 0 bridgehead atoms. The first-order valence-electron chi connectivity index (χ1n) is 15.5. The molecule has 1 spiro atoms. The molecule has 0 N–H and O–H groups in total. The maximum Gasteiger partial charge on any atom is 0.132 e. The van der Waals surface area contributed by atoms with Crippen LogP contribution in [0.4, 0.5) is 0 Å². The molecule has 0 saturated carbocycles. The van der Waals surface area contributed by atoms with E-state index in [1.807, 2.05) is 0 Å². The molecule has 0 saturated heterocycles. The molecule has 0 unspecified atom stereocenters. The lowest BCUT2D eigenvalue weighted by Crippen LogP contribution is -2.32. The number of nitrogens with zero attached hydrogens (tertiary/aromatic N) is 1. The lowest BCUT2D eigenvalue weighted by atomic mass is 9.66. The smallest absolute Gasteiger partial charge is 0.132 e. The second-order valence-electron chi connectivity index (χ2n) is 12.1. The van der Waals surface area contributed by atoms with E-state index < -0.39 is 5.41 Å². The highest BCUT2D eigenvalue weighted by molar-refractivity contribution is 6.09. The van der Waals surface area contributed by atoms with E-state index in [-0.39, 0.29) is 0 Å². The van der Waals surface area contributed by atoms with Crippen molar-refractivity contribution in [2.45, 2.75) is 5.41 Å². The monoisotopic (exact) mass is 573 g/mol.